The highest BCUT2D eigenvalue weighted by Crippen LogP contribution is 2.16. The Morgan fingerprint density at radius 3 is 2.62 bits per heavy atom. The number of hydrogen-bond acceptors (Lipinski definition) is 3. The van der Waals surface area contributed by atoms with Gasteiger partial charge in [0.1, 0.15) is 11.6 Å². The van der Waals surface area contributed by atoms with Crippen molar-refractivity contribution in [2.75, 3.05) is 26.0 Å². The molecule has 0 aliphatic carbocycles. The molecule has 1 N–H and O–H groups in total. The molecule has 6 heteroatoms. The summed E-state index contributed by atoms with van der Waals surface area (Å²) in [4.78, 5) is 25.4. The Bertz CT molecular complexity index is 734. The molecule has 0 saturated heterocycles. The number of benzene rings is 2. The van der Waals surface area contributed by atoms with Crippen LogP contribution in [0.25, 0.3) is 0 Å². The molecule has 24 heavy (non-hydrogen) atoms. The molecule has 0 heterocycles. The van der Waals surface area contributed by atoms with Crippen LogP contribution in [0.15, 0.2) is 48.5 Å². The van der Waals surface area contributed by atoms with Crippen LogP contribution in [0.4, 0.5) is 10.1 Å². The Kier molecular flexibility index (Phi) is 5.89. The first-order valence-electron chi connectivity index (χ1n) is 7.41. The lowest BCUT2D eigenvalue weighted by atomic mass is 10.1. The lowest BCUT2D eigenvalue weighted by Crippen LogP contribution is -2.35. The van der Waals surface area contributed by atoms with Gasteiger partial charge in [-0.1, -0.05) is 24.3 Å². The molecule has 0 fully saturated rings. The maximum absolute atomic E-state index is 13.6. The molecule has 0 atom stereocenters. The number of anilines is 1. The Morgan fingerprint density at radius 2 is 1.92 bits per heavy atom. The number of nitrogens with zero attached hydrogens (tertiary/aromatic N) is 1. The second-order valence-electron chi connectivity index (χ2n) is 5.30. The van der Waals surface area contributed by atoms with E-state index in [1.54, 1.807) is 42.5 Å². The smallest absolute Gasteiger partial charge is 0.243 e. The van der Waals surface area contributed by atoms with Gasteiger partial charge in [-0.2, -0.15) is 0 Å². The second kappa shape index (κ2) is 8.10. The first kappa shape index (κ1) is 17.5. The Labute approximate surface area is 140 Å². The highest BCUT2D eigenvalue weighted by atomic mass is 19.1. The summed E-state index contributed by atoms with van der Waals surface area (Å²) in [6, 6.07) is 13.0. The third-order valence-electron chi connectivity index (χ3n) is 3.46. The Morgan fingerprint density at radius 1 is 1.17 bits per heavy atom. The molecule has 0 aliphatic heterocycles. The van der Waals surface area contributed by atoms with Crippen LogP contribution in [0.1, 0.15) is 5.56 Å². The van der Waals surface area contributed by atoms with Gasteiger partial charge in [0.25, 0.3) is 0 Å². The summed E-state index contributed by atoms with van der Waals surface area (Å²) in [5, 5.41) is 2.69. The number of ether oxygens (including phenoxy) is 1. The summed E-state index contributed by atoms with van der Waals surface area (Å²) in [5.74, 6) is -0.481. The monoisotopic (exact) mass is 330 g/mol. The fourth-order valence-electron chi connectivity index (χ4n) is 2.14. The van der Waals surface area contributed by atoms with E-state index in [-0.39, 0.29) is 24.8 Å². The number of nitrogens with one attached hydrogen (secondary N) is 1. The minimum absolute atomic E-state index is 0.0877. The lowest BCUT2D eigenvalue weighted by Gasteiger charge is -2.17. The fourth-order valence-corrected chi connectivity index (χ4v) is 2.14. The molecule has 126 valence electrons. The van der Waals surface area contributed by atoms with Crippen molar-refractivity contribution in [1.82, 2.24) is 4.90 Å². The summed E-state index contributed by atoms with van der Waals surface area (Å²) in [5.41, 5.74) is 0.886. The van der Waals surface area contributed by atoms with Crippen molar-refractivity contribution in [3.8, 4) is 5.75 Å². The Hall–Kier alpha value is -2.89. The number of carbonyl (C=O) groups excluding carboxylic acids is 2. The lowest BCUT2D eigenvalue weighted by molar-refractivity contribution is -0.132. The van der Waals surface area contributed by atoms with E-state index in [2.05, 4.69) is 5.32 Å². The van der Waals surface area contributed by atoms with Gasteiger partial charge in [-0.25, -0.2) is 4.39 Å². The molecule has 2 aromatic rings. The van der Waals surface area contributed by atoms with E-state index < -0.39 is 5.82 Å². The van der Waals surface area contributed by atoms with Crippen molar-refractivity contribution in [3.05, 3.63) is 59.9 Å². The number of hydrogen-bond donors (Lipinski definition) is 1. The van der Waals surface area contributed by atoms with Crippen molar-refractivity contribution in [3.63, 3.8) is 0 Å². The molecule has 2 aromatic carbocycles. The number of amides is 2. The minimum Gasteiger partial charge on any atom is -0.497 e. The fraction of sp³-hybridized carbons (Fsp3) is 0.222. The van der Waals surface area contributed by atoms with Gasteiger partial charge in [-0.15, -0.1) is 0 Å². The quantitative estimate of drug-likeness (QED) is 0.885. The number of halogens is 1. The molecular formula is C18H19FN2O3. The highest BCUT2D eigenvalue weighted by Gasteiger charge is 2.15. The van der Waals surface area contributed by atoms with Crippen LogP contribution in [-0.4, -0.2) is 37.4 Å². The van der Waals surface area contributed by atoms with Crippen molar-refractivity contribution >= 4 is 17.5 Å². The van der Waals surface area contributed by atoms with Gasteiger partial charge in [0.05, 0.1) is 20.1 Å². The Balaban J connectivity index is 1.90. The summed E-state index contributed by atoms with van der Waals surface area (Å²) in [7, 11) is 3.05. The maximum Gasteiger partial charge on any atom is 0.243 e. The molecular weight excluding hydrogens is 311 g/mol. The molecule has 0 radical (unpaired) electrons. The van der Waals surface area contributed by atoms with E-state index >= 15 is 0 Å². The van der Waals surface area contributed by atoms with Crippen molar-refractivity contribution in [1.29, 1.82) is 0 Å². The number of rotatable bonds is 6. The molecule has 0 aliphatic rings. The van der Waals surface area contributed by atoms with Crippen LogP contribution < -0.4 is 10.1 Å². The van der Waals surface area contributed by atoms with E-state index in [1.807, 2.05) is 0 Å². The third kappa shape index (κ3) is 4.81. The average Bonchev–Trinajstić information content (AvgIpc) is 2.56. The first-order chi connectivity index (χ1) is 11.5. The molecule has 0 unspecified atom stereocenters. The third-order valence-corrected chi connectivity index (χ3v) is 3.46. The van der Waals surface area contributed by atoms with E-state index in [1.165, 1.54) is 25.1 Å². The molecule has 0 aromatic heterocycles. The minimum atomic E-state index is -0.430. The number of likely N-dealkylation sites (N-methyl/N-ethyl adjacent to an activating group) is 1. The van der Waals surface area contributed by atoms with E-state index in [0.29, 0.717) is 17.0 Å². The number of methoxy groups -OCH3 is 1. The highest BCUT2D eigenvalue weighted by molar-refractivity contribution is 5.94. The molecule has 5 nitrogen and oxygen atoms in total. The average molecular weight is 330 g/mol. The summed E-state index contributed by atoms with van der Waals surface area (Å²) >= 11 is 0. The van der Waals surface area contributed by atoms with Crippen LogP contribution in [0, 0.1) is 5.82 Å². The molecule has 2 amide bonds. The van der Waals surface area contributed by atoms with Crippen molar-refractivity contribution in [2.24, 2.45) is 0 Å². The van der Waals surface area contributed by atoms with E-state index in [4.69, 9.17) is 4.74 Å². The largest absolute Gasteiger partial charge is 0.497 e. The second-order valence-corrected chi connectivity index (χ2v) is 5.30. The van der Waals surface area contributed by atoms with Gasteiger partial charge in [-0.05, 0) is 23.8 Å². The first-order valence-corrected chi connectivity index (χ1v) is 7.41. The number of carbonyl (C=O) groups is 2. The molecule has 2 rings (SSSR count). The van der Waals surface area contributed by atoms with E-state index in [9.17, 15) is 14.0 Å². The van der Waals surface area contributed by atoms with E-state index in [0.717, 1.165) is 0 Å². The topological polar surface area (TPSA) is 58.6 Å². The molecule has 0 spiro atoms. The van der Waals surface area contributed by atoms with Gasteiger partial charge in [0.2, 0.25) is 11.8 Å². The SMILES string of the molecule is COc1cccc(NC(=O)CN(C)C(=O)Cc2ccccc2F)c1. The van der Waals surface area contributed by atoms with Crippen molar-refractivity contribution in [2.45, 2.75) is 6.42 Å². The maximum atomic E-state index is 13.6. The summed E-state index contributed by atoms with van der Waals surface area (Å²) in [6.45, 7) is -0.121. The molecule has 0 saturated carbocycles. The van der Waals surface area contributed by atoms with Crippen LogP contribution in [0.5, 0.6) is 5.75 Å². The summed E-state index contributed by atoms with van der Waals surface area (Å²) < 4.78 is 18.7. The zero-order valence-electron chi connectivity index (χ0n) is 13.6. The zero-order valence-corrected chi connectivity index (χ0v) is 13.6. The van der Waals surface area contributed by atoms with Crippen LogP contribution in [0.2, 0.25) is 0 Å². The van der Waals surface area contributed by atoms with Gasteiger partial charge < -0.3 is 15.0 Å². The summed E-state index contributed by atoms with van der Waals surface area (Å²) in [6.07, 6.45) is -0.0877. The van der Waals surface area contributed by atoms with Gasteiger partial charge >= 0.3 is 0 Å². The van der Waals surface area contributed by atoms with Crippen LogP contribution in [0.3, 0.4) is 0 Å². The predicted molar refractivity (Wildman–Crippen MR) is 89.4 cm³/mol. The van der Waals surface area contributed by atoms with Crippen molar-refractivity contribution < 1.29 is 18.7 Å². The molecule has 0 bridgehead atoms. The normalized spacial score (nSPS) is 10.1. The zero-order chi connectivity index (χ0) is 17.5. The predicted octanol–water partition coefficient (Wildman–Crippen LogP) is 2.47. The van der Waals surface area contributed by atoms with Gasteiger partial charge in [0.15, 0.2) is 0 Å². The van der Waals surface area contributed by atoms with Gasteiger partial charge in [0, 0.05) is 18.8 Å². The standard InChI is InChI=1S/C18H19FN2O3/c1-21(18(23)10-13-6-3-4-9-16(13)19)12-17(22)20-14-7-5-8-15(11-14)24-2/h3-9,11H,10,12H2,1-2H3,(H,20,22). The van der Waals surface area contributed by atoms with Crippen LogP contribution >= 0.6 is 0 Å². The van der Waals surface area contributed by atoms with Gasteiger partial charge in [-0.3, -0.25) is 9.59 Å². The van der Waals surface area contributed by atoms with Crippen LogP contribution in [-0.2, 0) is 16.0 Å².